The molecule has 4 heterocycles. The third-order valence-corrected chi connectivity index (χ3v) is 9.62. The number of hydrogen-bond acceptors (Lipinski definition) is 0. The summed E-state index contributed by atoms with van der Waals surface area (Å²) >= 11 is 0. The van der Waals surface area contributed by atoms with Crippen molar-refractivity contribution in [3.63, 3.8) is 0 Å². The van der Waals surface area contributed by atoms with Crippen molar-refractivity contribution in [3.05, 3.63) is 83.1 Å². The summed E-state index contributed by atoms with van der Waals surface area (Å²) < 4.78 is 5.31. The predicted molar refractivity (Wildman–Crippen MR) is 142 cm³/mol. The maximum absolute atomic E-state index is 2.70. The van der Waals surface area contributed by atoms with Gasteiger partial charge in [-0.05, 0) is 73.4 Å². The summed E-state index contributed by atoms with van der Waals surface area (Å²) in [5, 5.41) is 8.36. The van der Waals surface area contributed by atoms with E-state index in [4.69, 9.17) is 0 Å². The van der Waals surface area contributed by atoms with Crippen molar-refractivity contribution < 1.29 is 4.57 Å². The van der Waals surface area contributed by atoms with Gasteiger partial charge in [-0.15, -0.1) is 0 Å². The SMILES string of the molecule is CCC12C=C(C)C1(CC)[n+]1cc3c4c(C)cccc4c4cc(C)cc5c6cccc2c6c1n3c45. The number of fused-ring (bicyclic) bond motifs is 7. The summed E-state index contributed by atoms with van der Waals surface area (Å²) in [5.74, 6) is 0. The molecule has 2 aliphatic rings. The second-order valence-electron chi connectivity index (χ2n) is 10.8. The summed E-state index contributed by atoms with van der Waals surface area (Å²) in [6.45, 7) is 11.6. The van der Waals surface area contributed by atoms with Crippen molar-refractivity contribution in [2.24, 2.45) is 0 Å². The van der Waals surface area contributed by atoms with Crippen LogP contribution in [0.4, 0.5) is 0 Å². The predicted octanol–water partition coefficient (Wildman–Crippen LogP) is 7.62. The van der Waals surface area contributed by atoms with Crippen LogP contribution >= 0.6 is 0 Å². The van der Waals surface area contributed by atoms with Crippen LogP contribution in [0.1, 0.15) is 50.3 Å². The topological polar surface area (TPSA) is 8.29 Å². The molecule has 6 aromatic rings. The van der Waals surface area contributed by atoms with Gasteiger partial charge in [0.1, 0.15) is 17.3 Å². The van der Waals surface area contributed by atoms with E-state index in [2.05, 4.69) is 104 Å². The van der Waals surface area contributed by atoms with E-state index >= 15 is 0 Å². The highest BCUT2D eigenvalue weighted by Crippen LogP contribution is 2.60. The molecule has 3 aromatic carbocycles. The molecule has 0 spiro atoms. The van der Waals surface area contributed by atoms with Crippen LogP contribution in [-0.2, 0) is 11.0 Å². The molecule has 0 radical (unpaired) electrons. The van der Waals surface area contributed by atoms with Crippen LogP contribution < -0.4 is 4.57 Å². The molecule has 3 aromatic heterocycles. The van der Waals surface area contributed by atoms with E-state index in [1.807, 2.05) is 0 Å². The molecule has 2 unspecified atom stereocenters. The monoisotopic (exact) mass is 441 g/mol. The highest BCUT2D eigenvalue weighted by molar-refractivity contribution is 6.25. The van der Waals surface area contributed by atoms with E-state index in [0.29, 0.717) is 0 Å². The molecule has 0 N–H and O–H groups in total. The Balaban J connectivity index is 1.81. The average molecular weight is 442 g/mol. The summed E-state index contributed by atoms with van der Waals surface area (Å²) in [5.41, 5.74) is 9.85. The minimum Gasteiger partial charge on any atom is -0.218 e. The number of aryl methyl sites for hydroxylation is 2. The molecule has 1 aliphatic heterocycles. The average Bonchev–Trinajstić information content (AvgIpc) is 3.22. The number of imidazole rings is 1. The quantitative estimate of drug-likeness (QED) is 0.113. The van der Waals surface area contributed by atoms with Gasteiger partial charge >= 0.3 is 0 Å². The molecule has 1 aliphatic carbocycles. The Bertz CT molecular complexity index is 1920. The van der Waals surface area contributed by atoms with Crippen LogP contribution in [-0.4, -0.2) is 4.40 Å². The molecule has 34 heavy (non-hydrogen) atoms. The summed E-state index contributed by atoms with van der Waals surface area (Å²) in [4.78, 5) is 0. The van der Waals surface area contributed by atoms with Crippen LogP contribution in [0, 0.1) is 13.8 Å². The zero-order valence-corrected chi connectivity index (χ0v) is 20.6. The first-order valence-corrected chi connectivity index (χ1v) is 12.8. The van der Waals surface area contributed by atoms with Crippen LogP contribution in [0.25, 0.3) is 49.0 Å². The number of rotatable bonds is 2. The first-order chi connectivity index (χ1) is 16.5. The van der Waals surface area contributed by atoms with Crippen molar-refractivity contribution in [2.45, 2.75) is 58.4 Å². The molecule has 0 saturated carbocycles. The zero-order valence-electron chi connectivity index (χ0n) is 20.6. The van der Waals surface area contributed by atoms with Crippen molar-refractivity contribution in [1.82, 2.24) is 4.40 Å². The Morgan fingerprint density at radius 3 is 2.21 bits per heavy atom. The Morgan fingerprint density at radius 2 is 1.53 bits per heavy atom. The smallest absolute Gasteiger partial charge is 0.218 e. The van der Waals surface area contributed by atoms with E-state index in [-0.39, 0.29) is 11.0 Å². The van der Waals surface area contributed by atoms with Gasteiger partial charge in [-0.2, -0.15) is 4.40 Å². The molecule has 0 saturated heterocycles. The third kappa shape index (κ3) is 1.66. The number of allylic oxidation sites excluding steroid dienone is 2. The van der Waals surface area contributed by atoms with Gasteiger partial charge in [-0.3, -0.25) is 0 Å². The van der Waals surface area contributed by atoms with E-state index in [0.717, 1.165) is 12.8 Å². The van der Waals surface area contributed by atoms with E-state index in [1.54, 1.807) is 0 Å². The lowest BCUT2D eigenvalue weighted by Gasteiger charge is -2.56. The highest BCUT2D eigenvalue weighted by Gasteiger charge is 2.65. The minimum absolute atomic E-state index is 0.00173. The second kappa shape index (κ2) is 5.63. The van der Waals surface area contributed by atoms with Crippen molar-refractivity contribution in [3.8, 4) is 0 Å². The number of hydrogen-bond donors (Lipinski definition) is 0. The molecule has 2 heteroatoms. The van der Waals surface area contributed by atoms with Crippen LogP contribution in [0.15, 0.2) is 66.4 Å². The fourth-order valence-electron chi connectivity index (χ4n) is 8.38. The Morgan fingerprint density at radius 1 is 0.824 bits per heavy atom. The molecule has 166 valence electrons. The fraction of sp³-hybridized carbons (Fsp3) is 0.281. The zero-order chi connectivity index (χ0) is 23.1. The van der Waals surface area contributed by atoms with Gasteiger partial charge in [0.25, 0.3) is 5.65 Å². The summed E-state index contributed by atoms with van der Waals surface area (Å²) in [6, 6.07) is 18.7. The van der Waals surface area contributed by atoms with E-state index in [9.17, 15) is 0 Å². The van der Waals surface area contributed by atoms with E-state index in [1.165, 1.54) is 71.3 Å². The molecule has 0 bridgehead atoms. The molecule has 2 atom stereocenters. The largest absolute Gasteiger partial charge is 0.296 e. The molecule has 0 amide bonds. The number of aromatic nitrogens is 2. The lowest BCUT2D eigenvalue weighted by atomic mass is 9.49. The van der Waals surface area contributed by atoms with Crippen LogP contribution in [0.2, 0.25) is 0 Å². The lowest BCUT2D eigenvalue weighted by molar-refractivity contribution is -0.746. The van der Waals surface area contributed by atoms with Gasteiger partial charge < -0.3 is 0 Å². The molecule has 2 nitrogen and oxygen atoms in total. The number of pyridine rings is 2. The van der Waals surface area contributed by atoms with Gasteiger partial charge in [-0.25, -0.2) is 4.57 Å². The normalized spacial score (nSPS) is 23.5. The number of benzene rings is 3. The molecular weight excluding hydrogens is 412 g/mol. The summed E-state index contributed by atoms with van der Waals surface area (Å²) in [7, 11) is 0. The van der Waals surface area contributed by atoms with Gasteiger partial charge in [-0.1, -0.05) is 56.3 Å². The fourth-order valence-corrected chi connectivity index (χ4v) is 8.38. The van der Waals surface area contributed by atoms with Crippen LogP contribution in [0.3, 0.4) is 0 Å². The summed E-state index contributed by atoms with van der Waals surface area (Å²) in [6.07, 6.45) is 7.30. The Hall–Kier alpha value is -3.39. The first kappa shape index (κ1) is 19.0. The standard InChI is InChI=1S/C32H29N2/c1-6-31-16-20(5)32(31,7-2)33-17-26-27-19(4)10-8-11-21(27)23-14-18(3)15-24-22-12-9-13-25(31)28(22)30(33)34(26)29(23)24/h8-17H,6-7H2,1-5H3/q+1. The van der Waals surface area contributed by atoms with Gasteiger partial charge in [0.15, 0.2) is 5.52 Å². The third-order valence-electron chi connectivity index (χ3n) is 9.62. The maximum Gasteiger partial charge on any atom is 0.296 e. The molecular formula is C32H29N2+. The Labute approximate surface area is 199 Å². The molecule has 8 rings (SSSR count). The van der Waals surface area contributed by atoms with Gasteiger partial charge in [0.05, 0.1) is 10.8 Å². The van der Waals surface area contributed by atoms with Crippen LogP contribution in [0.5, 0.6) is 0 Å². The van der Waals surface area contributed by atoms with E-state index < -0.39 is 0 Å². The van der Waals surface area contributed by atoms with Gasteiger partial charge in [0, 0.05) is 21.5 Å². The highest BCUT2D eigenvalue weighted by atomic mass is 15.2. The van der Waals surface area contributed by atoms with Crippen molar-refractivity contribution in [1.29, 1.82) is 0 Å². The van der Waals surface area contributed by atoms with Gasteiger partial charge in [0.2, 0.25) is 0 Å². The lowest BCUT2D eigenvalue weighted by Crippen LogP contribution is -2.73. The van der Waals surface area contributed by atoms with Crippen molar-refractivity contribution in [2.75, 3.05) is 0 Å². The Kier molecular flexibility index (Phi) is 3.14. The number of nitrogens with zero attached hydrogens (tertiary/aromatic N) is 2. The first-order valence-electron chi connectivity index (χ1n) is 12.8. The van der Waals surface area contributed by atoms with Crippen molar-refractivity contribution >= 4 is 49.0 Å². The second-order valence-corrected chi connectivity index (χ2v) is 10.8. The maximum atomic E-state index is 2.70. The minimum atomic E-state index is -0.00173. The molecule has 0 fully saturated rings.